The van der Waals surface area contributed by atoms with Crippen LogP contribution < -0.4 is 16.8 Å². The van der Waals surface area contributed by atoms with E-state index >= 15 is 0 Å². The molecule has 112 valence electrons. The Morgan fingerprint density at radius 1 is 1.27 bits per heavy atom. The number of nitrogens with zero attached hydrogens (tertiary/aromatic N) is 3. The third-order valence-corrected chi connectivity index (χ3v) is 2.99. The smallest absolute Gasteiger partial charge is 0.322 e. The standard InChI is InChI=1S/C13H13N7O2/c14-9-4-8(18-13(15)19-9)7-3-10(17-5-11(21)22)20-12-6(7)1-2-16-12/h1-4H,5H2,(H,21,22)(H2,16,17,20)(H4,14,15,18,19). The van der Waals surface area contributed by atoms with Gasteiger partial charge in [0.1, 0.15) is 23.8 Å². The van der Waals surface area contributed by atoms with E-state index in [-0.39, 0.29) is 18.3 Å². The monoisotopic (exact) mass is 299 g/mol. The molecule has 22 heavy (non-hydrogen) atoms. The van der Waals surface area contributed by atoms with E-state index in [0.717, 1.165) is 10.9 Å². The van der Waals surface area contributed by atoms with E-state index in [1.807, 2.05) is 6.07 Å². The first-order valence-corrected chi connectivity index (χ1v) is 6.37. The molecule has 0 saturated heterocycles. The zero-order valence-electron chi connectivity index (χ0n) is 11.4. The molecule has 0 amide bonds. The van der Waals surface area contributed by atoms with E-state index in [2.05, 4.69) is 25.3 Å². The minimum atomic E-state index is -0.981. The lowest BCUT2D eigenvalue weighted by Gasteiger charge is -2.08. The summed E-state index contributed by atoms with van der Waals surface area (Å²) in [5, 5.41) is 12.3. The van der Waals surface area contributed by atoms with E-state index < -0.39 is 5.97 Å². The van der Waals surface area contributed by atoms with Crippen LogP contribution in [0.5, 0.6) is 0 Å². The van der Waals surface area contributed by atoms with Crippen LogP contribution in [-0.4, -0.2) is 37.6 Å². The Morgan fingerprint density at radius 2 is 2.09 bits per heavy atom. The maximum atomic E-state index is 10.7. The third-order valence-electron chi connectivity index (χ3n) is 2.99. The van der Waals surface area contributed by atoms with Gasteiger partial charge in [-0.1, -0.05) is 0 Å². The van der Waals surface area contributed by atoms with Crippen molar-refractivity contribution in [3.05, 3.63) is 24.4 Å². The fourth-order valence-electron chi connectivity index (χ4n) is 2.13. The highest BCUT2D eigenvalue weighted by molar-refractivity contribution is 5.94. The molecule has 3 rings (SSSR count). The van der Waals surface area contributed by atoms with Crippen molar-refractivity contribution in [3.8, 4) is 11.3 Å². The van der Waals surface area contributed by atoms with Gasteiger partial charge in [0.15, 0.2) is 0 Å². The molecule has 0 fully saturated rings. The number of anilines is 3. The van der Waals surface area contributed by atoms with E-state index in [1.165, 1.54) is 0 Å². The van der Waals surface area contributed by atoms with E-state index in [0.29, 0.717) is 17.2 Å². The van der Waals surface area contributed by atoms with Crippen molar-refractivity contribution in [1.29, 1.82) is 0 Å². The van der Waals surface area contributed by atoms with Crippen LogP contribution in [0.4, 0.5) is 17.6 Å². The Balaban J connectivity index is 2.14. The highest BCUT2D eigenvalue weighted by Gasteiger charge is 2.12. The molecule has 3 aromatic heterocycles. The molecule has 3 heterocycles. The number of nitrogen functional groups attached to an aromatic ring is 2. The number of aromatic nitrogens is 4. The fraction of sp³-hybridized carbons (Fsp3) is 0.0769. The Labute approximate surface area is 124 Å². The van der Waals surface area contributed by atoms with Crippen LogP contribution >= 0.6 is 0 Å². The summed E-state index contributed by atoms with van der Waals surface area (Å²) in [5.74, 6) is -0.257. The number of hydrogen-bond acceptors (Lipinski definition) is 7. The third kappa shape index (κ3) is 2.59. The largest absolute Gasteiger partial charge is 0.480 e. The first-order valence-electron chi connectivity index (χ1n) is 6.37. The molecule has 0 aliphatic heterocycles. The number of carbonyl (C=O) groups is 1. The maximum absolute atomic E-state index is 10.7. The number of nitrogens with one attached hydrogen (secondary N) is 2. The second-order valence-corrected chi connectivity index (χ2v) is 4.58. The predicted molar refractivity (Wildman–Crippen MR) is 82.1 cm³/mol. The molecule has 9 nitrogen and oxygen atoms in total. The van der Waals surface area contributed by atoms with Gasteiger partial charge >= 0.3 is 5.97 Å². The van der Waals surface area contributed by atoms with Crippen LogP contribution in [0.15, 0.2) is 24.4 Å². The Morgan fingerprint density at radius 3 is 2.82 bits per heavy atom. The number of hydrogen-bond donors (Lipinski definition) is 5. The van der Waals surface area contributed by atoms with Gasteiger partial charge in [-0.3, -0.25) is 4.79 Å². The SMILES string of the molecule is Nc1cc(-c2cc(NCC(=O)O)nc3[nH]ccc23)nc(N)n1. The highest BCUT2D eigenvalue weighted by atomic mass is 16.4. The zero-order chi connectivity index (χ0) is 15.7. The number of H-pyrrole nitrogens is 1. The van der Waals surface area contributed by atoms with Crippen molar-refractivity contribution in [2.45, 2.75) is 0 Å². The number of carboxylic acid groups (broad SMARTS) is 1. The van der Waals surface area contributed by atoms with Crippen LogP contribution in [0.1, 0.15) is 0 Å². The molecule has 0 aliphatic rings. The molecule has 0 spiro atoms. The van der Waals surface area contributed by atoms with Crippen LogP contribution in [-0.2, 0) is 4.79 Å². The molecule has 0 aliphatic carbocycles. The van der Waals surface area contributed by atoms with Gasteiger partial charge in [-0.2, -0.15) is 4.98 Å². The maximum Gasteiger partial charge on any atom is 0.322 e. The van der Waals surface area contributed by atoms with Gasteiger partial charge in [0, 0.05) is 23.2 Å². The molecule has 7 N–H and O–H groups in total. The van der Waals surface area contributed by atoms with E-state index in [1.54, 1.807) is 18.3 Å². The van der Waals surface area contributed by atoms with Crippen LogP contribution in [0.2, 0.25) is 0 Å². The summed E-state index contributed by atoms with van der Waals surface area (Å²) in [4.78, 5) is 26.0. The number of aliphatic carboxylic acids is 1. The molecule has 0 radical (unpaired) electrons. The second kappa shape index (κ2) is 5.20. The highest BCUT2D eigenvalue weighted by Crippen LogP contribution is 2.29. The molecule has 3 aromatic rings. The minimum Gasteiger partial charge on any atom is -0.480 e. The summed E-state index contributed by atoms with van der Waals surface area (Å²) in [6.45, 7) is -0.243. The van der Waals surface area contributed by atoms with Crippen molar-refractivity contribution in [3.63, 3.8) is 0 Å². The van der Waals surface area contributed by atoms with Gasteiger partial charge in [0.2, 0.25) is 5.95 Å². The minimum absolute atomic E-state index is 0.0653. The molecule has 9 heteroatoms. The van der Waals surface area contributed by atoms with Gasteiger partial charge in [0.25, 0.3) is 0 Å². The van der Waals surface area contributed by atoms with E-state index in [9.17, 15) is 4.79 Å². The Hall–Kier alpha value is -3.36. The zero-order valence-corrected chi connectivity index (χ0v) is 11.4. The lowest BCUT2D eigenvalue weighted by atomic mass is 10.1. The summed E-state index contributed by atoms with van der Waals surface area (Å²) in [7, 11) is 0. The summed E-state index contributed by atoms with van der Waals surface area (Å²) < 4.78 is 0. The van der Waals surface area contributed by atoms with Crippen LogP contribution in [0, 0.1) is 0 Å². The van der Waals surface area contributed by atoms with Crippen molar-refractivity contribution in [2.24, 2.45) is 0 Å². The molecule has 0 bridgehead atoms. The summed E-state index contributed by atoms with van der Waals surface area (Å²) in [6.07, 6.45) is 1.73. The Bertz CT molecular complexity index is 838. The molecule has 0 atom stereocenters. The van der Waals surface area contributed by atoms with Crippen molar-refractivity contribution < 1.29 is 9.90 Å². The summed E-state index contributed by atoms with van der Waals surface area (Å²) >= 11 is 0. The van der Waals surface area contributed by atoms with Crippen molar-refractivity contribution >= 4 is 34.6 Å². The van der Waals surface area contributed by atoms with Crippen molar-refractivity contribution in [2.75, 3.05) is 23.3 Å². The number of nitrogens with two attached hydrogens (primary N) is 2. The van der Waals surface area contributed by atoms with E-state index in [4.69, 9.17) is 16.6 Å². The van der Waals surface area contributed by atoms with Gasteiger partial charge in [-0.05, 0) is 12.1 Å². The number of pyridine rings is 1. The second-order valence-electron chi connectivity index (χ2n) is 4.58. The van der Waals surface area contributed by atoms with Crippen LogP contribution in [0.25, 0.3) is 22.3 Å². The fourth-order valence-corrected chi connectivity index (χ4v) is 2.13. The molecule has 0 unspecified atom stereocenters. The number of aromatic amines is 1. The predicted octanol–water partition coefficient (Wildman–Crippen LogP) is 0.681. The number of rotatable bonds is 4. The molecular weight excluding hydrogens is 286 g/mol. The van der Waals surface area contributed by atoms with Gasteiger partial charge in [-0.25, -0.2) is 9.97 Å². The quantitative estimate of drug-likeness (QED) is 0.471. The van der Waals surface area contributed by atoms with Gasteiger partial charge < -0.3 is 26.9 Å². The average Bonchev–Trinajstić information content (AvgIpc) is 2.91. The lowest BCUT2D eigenvalue weighted by molar-refractivity contribution is -0.134. The van der Waals surface area contributed by atoms with Gasteiger partial charge in [0.05, 0.1) is 5.69 Å². The Kier molecular flexibility index (Phi) is 3.22. The topological polar surface area (TPSA) is 156 Å². The summed E-state index contributed by atoms with van der Waals surface area (Å²) in [6, 6.07) is 5.13. The number of fused-ring (bicyclic) bond motifs is 1. The molecular formula is C13H13N7O2. The van der Waals surface area contributed by atoms with Gasteiger partial charge in [-0.15, -0.1) is 0 Å². The summed E-state index contributed by atoms with van der Waals surface area (Å²) in [5.41, 5.74) is 13.2. The first kappa shape index (κ1) is 13.6. The number of carboxylic acids is 1. The lowest BCUT2D eigenvalue weighted by Crippen LogP contribution is -2.13. The van der Waals surface area contributed by atoms with Crippen molar-refractivity contribution in [1.82, 2.24) is 19.9 Å². The normalized spacial score (nSPS) is 10.7. The van der Waals surface area contributed by atoms with Crippen LogP contribution in [0.3, 0.4) is 0 Å². The molecule has 0 saturated carbocycles. The first-order chi connectivity index (χ1) is 10.5. The molecule has 0 aromatic carbocycles. The average molecular weight is 299 g/mol.